The van der Waals surface area contributed by atoms with Gasteiger partial charge in [0.05, 0.1) is 22.3 Å². The van der Waals surface area contributed by atoms with Crippen molar-refractivity contribution < 1.29 is 14.3 Å². The lowest BCUT2D eigenvalue weighted by Gasteiger charge is -2.19. The zero-order chi connectivity index (χ0) is 23.3. The first-order valence-corrected chi connectivity index (χ1v) is 12.1. The van der Waals surface area contributed by atoms with E-state index in [1.807, 2.05) is 12.1 Å². The van der Waals surface area contributed by atoms with Crippen LogP contribution in [0.2, 0.25) is 10.0 Å². The van der Waals surface area contributed by atoms with Crippen LogP contribution in [0.3, 0.4) is 0 Å². The number of carbonyl (C=O) groups is 2. The Morgan fingerprint density at radius 1 is 1.24 bits per heavy atom. The van der Waals surface area contributed by atoms with Gasteiger partial charge in [0.2, 0.25) is 0 Å². The van der Waals surface area contributed by atoms with Crippen LogP contribution in [0.5, 0.6) is 0 Å². The molecule has 2 fully saturated rings. The molecule has 8 nitrogen and oxygen atoms in total. The van der Waals surface area contributed by atoms with Crippen LogP contribution in [-0.4, -0.2) is 52.6 Å². The number of H-pyrrole nitrogens is 1. The molecule has 0 spiro atoms. The fourth-order valence-corrected chi connectivity index (χ4v) is 5.75. The first-order valence-electron chi connectivity index (χ1n) is 10.6. The normalized spacial score (nSPS) is 21.1. The summed E-state index contributed by atoms with van der Waals surface area (Å²) in [4.78, 5) is 39.6. The molecule has 3 aromatic rings. The van der Waals surface area contributed by atoms with Crippen molar-refractivity contribution in [3.63, 3.8) is 0 Å². The second kappa shape index (κ2) is 8.62. The van der Waals surface area contributed by atoms with E-state index in [1.165, 1.54) is 11.3 Å². The van der Waals surface area contributed by atoms with Gasteiger partial charge in [-0.1, -0.05) is 34.5 Å². The third-order valence-corrected chi connectivity index (χ3v) is 8.12. The van der Waals surface area contributed by atoms with Crippen molar-refractivity contribution in [3.8, 4) is 11.3 Å². The third-order valence-electron chi connectivity index (χ3n) is 6.07. The summed E-state index contributed by atoms with van der Waals surface area (Å²) in [7, 11) is 0. The number of anilines is 1. The number of rotatable bonds is 6. The molecule has 1 saturated carbocycles. The lowest BCUT2D eigenvalue weighted by Crippen LogP contribution is -2.34. The Morgan fingerprint density at radius 3 is 2.55 bits per heavy atom. The summed E-state index contributed by atoms with van der Waals surface area (Å²) in [5, 5.41) is 4.46. The van der Waals surface area contributed by atoms with Crippen molar-refractivity contribution in [3.05, 3.63) is 50.8 Å². The van der Waals surface area contributed by atoms with Crippen LogP contribution in [0.1, 0.15) is 32.8 Å². The van der Waals surface area contributed by atoms with E-state index in [1.54, 1.807) is 26.2 Å². The summed E-state index contributed by atoms with van der Waals surface area (Å²) >= 11 is 13.6. The van der Waals surface area contributed by atoms with Gasteiger partial charge in [-0.3, -0.25) is 9.78 Å². The minimum Gasteiger partial charge on any atom is -0.462 e. The second-order valence-electron chi connectivity index (χ2n) is 8.12. The molecule has 0 bridgehead atoms. The quantitative estimate of drug-likeness (QED) is 0.487. The van der Waals surface area contributed by atoms with Crippen LogP contribution in [0.15, 0.2) is 24.5 Å². The molecule has 11 heteroatoms. The fraction of sp³-hybridized carbons (Fsp3) is 0.364. The highest BCUT2D eigenvalue weighted by atomic mass is 35.5. The minimum absolute atomic E-state index is 0.0800. The van der Waals surface area contributed by atoms with Crippen molar-refractivity contribution >= 4 is 51.5 Å². The summed E-state index contributed by atoms with van der Waals surface area (Å²) in [5.74, 6) is 0.0104. The van der Waals surface area contributed by atoms with E-state index >= 15 is 0 Å². The first kappa shape index (κ1) is 22.2. The number of fused-ring (bicyclic) bond motifs is 1. The monoisotopic (exact) mass is 505 g/mol. The highest BCUT2D eigenvalue weighted by Gasteiger charge is 2.57. The van der Waals surface area contributed by atoms with Gasteiger partial charge in [0.1, 0.15) is 10.6 Å². The summed E-state index contributed by atoms with van der Waals surface area (Å²) in [6, 6.07) is 3.74. The number of carbonyl (C=O) groups excluding carboxylic acids is 2. The maximum Gasteiger partial charge on any atom is 0.350 e. The SMILES string of the molecule is CCOC(=O)c1sc(N2C[C@@H]3[C@H](C2)[C@@H]3NC(=O)c2[nH]c(C)c(Cl)c2Cl)nc1-c1ccncc1. The number of amides is 1. The topological polar surface area (TPSA) is 100 Å². The number of hydrogen-bond donors (Lipinski definition) is 2. The Kier molecular flexibility index (Phi) is 5.80. The Bertz CT molecular complexity index is 1220. The molecule has 172 valence electrons. The van der Waals surface area contributed by atoms with Gasteiger partial charge in [-0.2, -0.15) is 0 Å². The summed E-state index contributed by atoms with van der Waals surface area (Å²) < 4.78 is 5.25. The Morgan fingerprint density at radius 2 is 1.94 bits per heavy atom. The molecule has 3 aromatic heterocycles. The van der Waals surface area contributed by atoms with E-state index in [4.69, 9.17) is 32.9 Å². The summed E-state index contributed by atoms with van der Waals surface area (Å²) in [6.45, 7) is 5.35. The highest BCUT2D eigenvalue weighted by Crippen LogP contribution is 2.48. The number of halogens is 2. The molecule has 1 aliphatic carbocycles. The van der Waals surface area contributed by atoms with Crippen LogP contribution in [0.4, 0.5) is 5.13 Å². The number of hydrogen-bond acceptors (Lipinski definition) is 7. The molecule has 5 rings (SSSR count). The molecule has 0 unspecified atom stereocenters. The van der Waals surface area contributed by atoms with Crippen LogP contribution in [0, 0.1) is 18.8 Å². The second-order valence-corrected chi connectivity index (χ2v) is 9.85. The number of thiazole rings is 1. The average molecular weight is 506 g/mol. The summed E-state index contributed by atoms with van der Waals surface area (Å²) in [5.41, 5.74) is 2.39. The van der Waals surface area contributed by atoms with Gasteiger partial charge in [-0.05, 0) is 26.0 Å². The van der Waals surface area contributed by atoms with Gasteiger partial charge in [0, 0.05) is 54.6 Å². The molecule has 0 aromatic carbocycles. The Balaban J connectivity index is 1.29. The molecule has 2 aliphatic rings. The molecular formula is C22H21Cl2N5O3S. The van der Waals surface area contributed by atoms with Gasteiger partial charge in [-0.15, -0.1) is 0 Å². The number of esters is 1. The Labute approximate surface area is 204 Å². The number of nitrogens with one attached hydrogen (secondary N) is 2. The van der Waals surface area contributed by atoms with Gasteiger partial charge in [0.25, 0.3) is 5.91 Å². The number of aryl methyl sites for hydroxylation is 1. The molecule has 33 heavy (non-hydrogen) atoms. The van der Waals surface area contributed by atoms with E-state index in [2.05, 4.69) is 20.2 Å². The van der Waals surface area contributed by atoms with E-state index in [0.29, 0.717) is 45.4 Å². The van der Waals surface area contributed by atoms with Crippen LogP contribution >= 0.6 is 34.5 Å². The average Bonchev–Trinajstić information content (AvgIpc) is 3.19. The van der Waals surface area contributed by atoms with Crippen molar-refractivity contribution in [1.29, 1.82) is 0 Å². The number of pyridine rings is 1. The van der Waals surface area contributed by atoms with Crippen LogP contribution in [0.25, 0.3) is 11.3 Å². The van der Waals surface area contributed by atoms with Crippen LogP contribution in [-0.2, 0) is 4.74 Å². The fourth-order valence-electron chi connectivity index (χ4n) is 4.33. The third kappa shape index (κ3) is 3.98. The maximum atomic E-state index is 12.6. The van der Waals surface area contributed by atoms with Crippen molar-refractivity contribution in [2.24, 2.45) is 11.8 Å². The smallest absolute Gasteiger partial charge is 0.350 e. The van der Waals surface area contributed by atoms with Gasteiger partial charge in [0.15, 0.2) is 5.13 Å². The minimum atomic E-state index is -0.376. The van der Waals surface area contributed by atoms with Crippen molar-refractivity contribution in [2.45, 2.75) is 19.9 Å². The van der Waals surface area contributed by atoms with E-state index in [0.717, 1.165) is 23.8 Å². The lowest BCUT2D eigenvalue weighted by molar-refractivity contribution is 0.0532. The zero-order valence-corrected chi connectivity index (χ0v) is 20.2. The molecule has 1 aliphatic heterocycles. The van der Waals surface area contributed by atoms with Gasteiger partial charge in [-0.25, -0.2) is 9.78 Å². The van der Waals surface area contributed by atoms with Gasteiger partial charge >= 0.3 is 5.97 Å². The summed E-state index contributed by atoms with van der Waals surface area (Å²) in [6.07, 6.45) is 3.35. The molecule has 2 N–H and O–H groups in total. The van der Waals surface area contributed by atoms with Gasteiger partial charge < -0.3 is 19.9 Å². The van der Waals surface area contributed by atoms with E-state index < -0.39 is 0 Å². The van der Waals surface area contributed by atoms with Crippen LogP contribution < -0.4 is 10.2 Å². The first-order chi connectivity index (χ1) is 15.9. The molecule has 0 radical (unpaired) electrons. The number of aromatic amines is 1. The lowest BCUT2D eigenvalue weighted by atomic mass is 10.2. The predicted octanol–water partition coefficient (Wildman–Crippen LogP) is 4.19. The van der Waals surface area contributed by atoms with E-state index in [-0.39, 0.29) is 22.9 Å². The molecule has 4 heterocycles. The largest absolute Gasteiger partial charge is 0.462 e. The molecule has 3 atom stereocenters. The van der Waals surface area contributed by atoms with Crippen molar-refractivity contribution in [1.82, 2.24) is 20.3 Å². The number of nitrogens with zero attached hydrogens (tertiary/aromatic N) is 3. The molecular weight excluding hydrogens is 485 g/mol. The number of aromatic nitrogens is 3. The zero-order valence-electron chi connectivity index (χ0n) is 17.9. The highest BCUT2D eigenvalue weighted by molar-refractivity contribution is 7.18. The van der Waals surface area contributed by atoms with Crippen molar-refractivity contribution in [2.75, 3.05) is 24.6 Å². The standard InChI is InChI=1S/C22H21Cl2N5O3S/c1-3-32-21(31)19-16(11-4-6-25-7-5-11)28-22(33-19)29-8-12-13(9-29)17(12)27-20(30)18-15(24)14(23)10(2)26-18/h4-7,12-13,17,26H,3,8-9H2,1-2H3,(H,27,30)/t12-,13+,17-. The maximum absolute atomic E-state index is 12.6. The predicted molar refractivity (Wildman–Crippen MR) is 127 cm³/mol. The van der Waals surface area contributed by atoms with E-state index in [9.17, 15) is 9.59 Å². The number of ether oxygens (including phenoxy) is 1. The molecule has 1 saturated heterocycles. The Hall–Kier alpha value is -2.62. The number of piperidine rings is 1. The molecule has 1 amide bonds.